The molecule has 122 valence electrons. The van der Waals surface area contributed by atoms with Crippen LogP contribution in [-0.4, -0.2) is 62.1 Å². The van der Waals surface area contributed by atoms with Crippen LogP contribution in [0.5, 0.6) is 0 Å². The molecule has 0 unspecified atom stereocenters. The van der Waals surface area contributed by atoms with Gasteiger partial charge in [-0.3, -0.25) is 9.69 Å². The van der Waals surface area contributed by atoms with E-state index >= 15 is 0 Å². The van der Waals surface area contributed by atoms with E-state index in [1.165, 1.54) is 12.1 Å². The van der Waals surface area contributed by atoms with Crippen molar-refractivity contribution in [3.8, 4) is 5.69 Å². The molecule has 1 aromatic carbocycles. The van der Waals surface area contributed by atoms with E-state index in [4.69, 9.17) is 0 Å². The van der Waals surface area contributed by atoms with Gasteiger partial charge in [0.2, 0.25) is 5.91 Å². The van der Waals surface area contributed by atoms with Crippen molar-refractivity contribution < 1.29 is 9.18 Å². The highest BCUT2D eigenvalue weighted by atomic mass is 19.1. The minimum Gasteiger partial charge on any atom is -0.340 e. The van der Waals surface area contributed by atoms with Gasteiger partial charge in [0.05, 0.1) is 12.2 Å². The third kappa shape index (κ3) is 3.53. The molecule has 1 fully saturated rings. The Kier molecular flexibility index (Phi) is 4.61. The second-order valence-electron chi connectivity index (χ2n) is 5.50. The fraction of sp³-hybridized carbons (Fsp3) is 0.467. The summed E-state index contributed by atoms with van der Waals surface area (Å²) in [6.45, 7) is 5.44. The lowest BCUT2D eigenvalue weighted by Crippen LogP contribution is -2.48. The average Bonchev–Trinajstić information content (AvgIpc) is 3.03. The molecule has 1 saturated heterocycles. The van der Waals surface area contributed by atoms with Crippen LogP contribution in [0.3, 0.4) is 0 Å². The monoisotopic (exact) mass is 318 g/mol. The molecule has 0 saturated carbocycles. The molecule has 0 bridgehead atoms. The fourth-order valence-electron chi connectivity index (χ4n) is 2.69. The second-order valence-corrected chi connectivity index (χ2v) is 5.50. The zero-order chi connectivity index (χ0) is 16.2. The Bertz CT molecular complexity index is 680. The summed E-state index contributed by atoms with van der Waals surface area (Å²) in [5, 5.41) is 11.7. The van der Waals surface area contributed by atoms with E-state index in [0.29, 0.717) is 37.6 Å². The van der Waals surface area contributed by atoms with Crippen molar-refractivity contribution in [2.75, 3.05) is 26.2 Å². The number of carbonyl (C=O) groups is 1. The lowest BCUT2D eigenvalue weighted by molar-refractivity contribution is -0.132. The van der Waals surface area contributed by atoms with Crippen LogP contribution in [0.2, 0.25) is 0 Å². The minimum absolute atomic E-state index is 0.189. The number of piperazine rings is 1. The summed E-state index contributed by atoms with van der Waals surface area (Å²) in [6.07, 6.45) is 0.540. The summed E-state index contributed by atoms with van der Waals surface area (Å²) in [4.78, 5) is 15.8. The van der Waals surface area contributed by atoms with Crippen LogP contribution in [-0.2, 0) is 11.3 Å². The number of carbonyl (C=O) groups excluding carboxylic acids is 1. The van der Waals surface area contributed by atoms with Crippen LogP contribution < -0.4 is 0 Å². The van der Waals surface area contributed by atoms with Crippen molar-refractivity contribution in [3.05, 3.63) is 35.9 Å². The summed E-state index contributed by atoms with van der Waals surface area (Å²) >= 11 is 0. The van der Waals surface area contributed by atoms with Gasteiger partial charge in [-0.1, -0.05) is 13.0 Å². The van der Waals surface area contributed by atoms with Gasteiger partial charge in [-0.15, -0.1) is 5.10 Å². The molecule has 0 atom stereocenters. The quantitative estimate of drug-likeness (QED) is 0.836. The molecule has 2 heterocycles. The predicted octanol–water partition coefficient (Wildman–Crippen LogP) is 0.856. The highest BCUT2D eigenvalue weighted by Crippen LogP contribution is 2.12. The smallest absolute Gasteiger partial charge is 0.222 e. The molecule has 1 amide bonds. The first-order chi connectivity index (χ1) is 11.2. The Morgan fingerprint density at radius 1 is 1.26 bits per heavy atom. The molecule has 3 rings (SSSR count). The van der Waals surface area contributed by atoms with Crippen molar-refractivity contribution in [1.29, 1.82) is 0 Å². The van der Waals surface area contributed by atoms with Crippen molar-refractivity contribution >= 4 is 5.91 Å². The van der Waals surface area contributed by atoms with E-state index in [-0.39, 0.29) is 11.7 Å². The molecule has 0 radical (unpaired) electrons. The number of halogens is 1. The van der Waals surface area contributed by atoms with E-state index in [1.807, 2.05) is 11.8 Å². The Morgan fingerprint density at radius 3 is 2.74 bits per heavy atom. The van der Waals surface area contributed by atoms with E-state index in [0.717, 1.165) is 13.1 Å². The summed E-state index contributed by atoms with van der Waals surface area (Å²) < 4.78 is 14.9. The zero-order valence-corrected chi connectivity index (χ0v) is 13.0. The van der Waals surface area contributed by atoms with Gasteiger partial charge in [0.25, 0.3) is 0 Å². The lowest BCUT2D eigenvalue weighted by atomic mass is 10.2. The highest BCUT2D eigenvalue weighted by molar-refractivity contribution is 5.75. The van der Waals surface area contributed by atoms with Crippen LogP contribution in [0.25, 0.3) is 5.69 Å². The Morgan fingerprint density at radius 2 is 2.04 bits per heavy atom. The number of hydrogen-bond donors (Lipinski definition) is 0. The highest BCUT2D eigenvalue weighted by Gasteiger charge is 2.21. The maximum atomic E-state index is 13.4. The van der Waals surface area contributed by atoms with Gasteiger partial charge in [0.1, 0.15) is 5.82 Å². The topological polar surface area (TPSA) is 67.2 Å². The van der Waals surface area contributed by atoms with Crippen LogP contribution in [0.15, 0.2) is 24.3 Å². The summed E-state index contributed by atoms with van der Waals surface area (Å²) in [5.74, 6) is 0.524. The number of amides is 1. The third-order valence-electron chi connectivity index (χ3n) is 3.98. The molecule has 1 aromatic heterocycles. The van der Waals surface area contributed by atoms with Crippen molar-refractivity contribution in [2.45, 2.75) is 19.9 Å². The summed E-state index contributed by atoms with van der Waals surface area (Å²) in [6, 6.07) is 6.18. The van der Waals surface area contributed by atoms with Crippen molar-refractivity contribution in [2.24, 2.45) is 0 Å². The van der Waals surface area contributed by atoms with Gasteiger partial charge < -0.3 is 4.90 Å². The summed E-state index contributed by atoms with van der Waals surface area (Å²) in [7, 11) is 0. The zero-order valence-electron chi connectivity index (χ0n) is 13.0. The van der Waals surface area contributed by atoms with Crippen molar-refractivity contribution in [1.82, 2.24) is 30.0 Å². The SMILES string of the molecule is CCC(=O)N1CCN(Cc2nnnn2-c2cccc(F)c2)CC1. The third-order valence-corrected chi connectivity index (χ3v) is 3.98. The average molecular weight is 318 g/mol. The van der Waals surface area contributed by atoms with Gasteiger partial charge in [0, 0.05) is 32.6 Å². The van der Waals surface area contributed by atoms with Gasteiger partial charge in [-0.2, -0.15) is 4.68 Å². The number of benzene rings is 1. The Balaban J connectivity index is 1.66. The molecule has 2 aromatic rings. The normalized spacial score (nSPS) is 15.8. The van der Waals surface area contributed by atoms with E-state index in [9.17, 15) is 9.18 Å². The molecular weight excluding hydrogens is 299 g/mol. The maximum absolute atomic E-state index is 13.4. The standard InChI is InChI=1S/C15H19FN6O/c1-2-15(23)21-8-6-20(7-9-21)11-14-17-18-19-22(14)13-5-3-4-12(16)10-13/h3-5,10H,2,6-9,11H2,1H3. The van der Waals surface area contributed by atoms with Crippen LogP contribution >= 0.6 is 0 Å². The molecule has 8 heteroatoms. The fourth-order valence-corrected chi connectivity index (χ4v) is 2.69. The summed E-state index contributed by atoms with van der Waals surface area (Å²) in [5.41, 5.74) is 0.602. The molecule has 1 aliphatic heterocycles. The second kappa shape index (κ2) is 6.82. The number of nitrogens with zero attached hydrogens (tertiary/aromatic N) is 6. The van der Waals surface area contributed by atoms with Gasteiger partial charge in [-0.05, 0) is 28.6 Å². The van der Waals surface area contributed by atoms with Crippen LogP contribution in [0.4, 0.5) is 4.39 Å². The van der Waals surface area contributed by atoms with Gasteiger partial charge >= 0.3 is 0 Å². The Hall–Kier alpha value is -2.35. The predicted molar refractivity (Wildman–Crippen MR) is 81.3 cm³/mol. The van der Waals surface area contributed by atoms with E-state index in [2.05, 4.69) is 20.4 Å². The van der Waals surface area contributed by atoms with Crippen molar-refractivity contribution in [3.63, 3.8) is 0 Å². The minimum atomic E-state index is -0.323. The molecule has 0 aliphatic carbocycles. The van der Waals surface area contributed by atoms with E-state index < -0.39 is 0 Å². The number of aromatic nitrogens is 4. The molecule has 23 heavy (non-hydrogen) atoms. The number of tetrazole rings is 1. The molecular formula is C15H19FN6O. The molecule has 1 aliphatic rings. The van der Waals surface area contributed by atoms with Crippen LogP contribution in [0, 0.1) is 5.82 Å². The first-order valence-electron chi connectivity index (χ1n) is 7.70. The number of rotatable bonds is 4. The molecule has 0 N–H and O–H groups in total. The van der Waals surface area contributed by atoms with Crippen LogP contribution in [0.1, 0.15) is 19.2 Å². The first kappa shape index (κ1) is 15.5. The molecule has 7 nitrogen and oxygen atoms in total. The largest absolute Gasteiger partial charge is 0.340 e. The molecule has 0 spiro atoms. The number of hydrogen-bond acceptors (Lipinski definition) is 5. The lowest BCUT2D eigenvalue weighted by Gasteiger charge is -2.34. The van der Waals surface area contributed by atoms with E-state index in [1.54, 1.807) is 16.8 Å². The van der Waals surface area contributed by atoms with Gasteiger partial charge in [0.15, 0.2) is 5.82 Å². The first-order valence-corrected chi connectivity index (χ1v) is 7.70. The Labute approximate surface area is 133 Å². The van der Waals surface area contributed by atoms with Gasteiger partial charge in [-0.25, -0.2) is 4.39 Å². The maximum Gasteiger partial charge on any atom is 0.222 e.